The Morgan fingerprint density at radius 1 is 1.24 bits per heavy atom. The Bertz CT molecular complexity index is 462. The van der Waals surface area contributed by atoms with Gasteiger partial charge in [-0.3, -0.25) is 4.68 Å². The van der Waals surface area contributed by atoms with Gasteiger partial charge in [-0.05, 0) is 24.1 Å². The van der Waals surface area contributed by atoms with Crippen LogP contribution in [0.5, 0.6) is 0 Å². The summed E-state index contributed by atoms with van der Waals surface area (Å²) in [5, 5.41) is 7.57. The molecule has 1 N–H and O–H groups in total. The summed E-state index contributed by atoms with van der Waals surface area (Å²) in [7, 11) is 0. The van der Waals surface area contributed by atoms with Crippen LogP contribution in [0, 0.1) is 5.82 Å². The van der Waals surface area contributed by atoms with E-state index < -0.39 is 0 Å². The monoisotopic (exact) mass is 233 g/mol. The van der Waals surface area contributed by atoms with Crippen molar-refractivity contribution in [3.63, 3.8) is 0 Å². The number of hydrogen-bond donors (Lipinski definition) is 1. The summed E-state index contributed by atoms with van der Waals surface area (Å²) in [6.45, 7) is 3.70. The molecule has 1 heterocycles. The minimum absolute atomic E-state index is 0.207. The van der Waals surface area contributed by atoms with E-state index in [9.17, 15) is 4.39 Å². The average Bonchev–Trinajstić information content (AvgIpc) is 2.77. The third-order valence-electron chi connectivity index (χ3n) is 2.48. The lowest BCUT2D eigenvalue weighted by Gasteiger charge is -2.03. The van der Waals surface area contributed by atoms with Crippen LogP contribution in [0.4, 0.5) is 10.2 Å². The van der Waals surface area contributed by atoms with Crippen LogP contribution in [0.15, 0.2) is 36.5 Å². The fraction of sp³-hybridized carbons (Fsp3) is 0.308. The number of nitrogens with one attached hydrogen (secondary N) is 1. The van der Waals surface area contributed by atoms with Crippen molar-refractivity contribution >= 4 is 5.82 Å². The van der Waals surface area contributed by atoms with Crippen molar-refractivity contribution in [2.75, 3.05) is 5.32 Å². The van der Waals surface area contributed by atoms with Crippen LogP contribution < -0.4 is 5.32 Å². The van der Waals surface area contributed by atoms with Gasteiger partial charge < -0.3 is 5.32 Å². The maximum absolute atomic E-state index is 12.7. The first kappa shape index (κ1) is 11.6. The van der Waals surface area contributed by atoms with Gasteiger partial charge in [0.25, 0.3) is 0 Å². The summed E-state index contributed by atoms with van der Waals surface area (Å²) in [4.78, 5) is 0. The summed E-state index contributed by atoms with van der Waals surface area (Å²) in [6, 6.07) is 8.41. The van der Waals surface area contributed by atoms with Crippen LogP contribution in [0.3, 0.4) is 0 Å². The van der Waals surface area contributed by atoms with Gasteiger partial charge in [0.2, 0.25) is 0 Å². The Labute approximate surface area is 100 Å². The molecule has 3 nitrogen and oxygen atoms in total. The van der Waals surface area contributed by atoms with Crippen LogP contribution in [-0.4, -0.2) is 9.78 Å². The number of aryl methyl sites for hydroxylation is 1. The van der Waals surface area contributed by atoms with Gasteiger partial charge >= 0.3 is 0 Å². The zero-order valence-electron chi connectivity index (χ0n) is 9.86. The fourth-order valence-electron chi connectivity index (χ4n) is 1.60. The first-order valence-electron chi connectivity index (χ1n) is 5.79. The van der Waals surface area contributed by atoms with Gasteiger partial charge in [0, 0.05) is 25.4 Å². The topological polar surface area (TPSA) is 29.9 Å². The average molecular weight is 233 g/mol. The molecule has 0 aliphatic carbocycles. The third-order valence-corrected chi connectivity index (χ3v) is 2.48. The smallest absolute Gasteiger partial charge is 0.148 e. The van der Waals surface area contributed by atoms with Crippen molar-refractivity contribution in [2.24, 2.45) is 0 Å². The summed E-state index contributed by atoms with van der Waals surface area (Å²) in [6.07, 6.45) is 3.02. The van der Waals surface area contributed by atoms with Gasteiger partial charge in [-0.25, -0.2) is 4.39 Å². The molecule has 0 amide bonds. The fourth-order valence-corrected chi connectivity index (χ4v) is 1.60. The molecular formula is C13H16FN3. The first-order valence-corrected chi connectivity index (χ1v) is 5.79. The molecule has 0 bridgehead atoms. The van der Waals surface area contributed by atoms with Crippen molar-refractivity contribution < 1.29 is 4.39 Å². The minimum Gasteiger partial charge on any atom is -0.365 e. The maximum atomic E-state index is 12.7. The highest BCUT2D eigenvalue weighted by molar-refractivity contribution is 5.33. The summed E-state index contributed by atoms with van der Waals surface area (Å²) < 4.78 is 14.6. The molecule has 2 aromatic rings. The van der Waals surface area contributed by atoms with Gasteiger partial charge in [-0.2, -0.15) is 5.10 Å². The van der Waals surface area contributed by atoms with Crippen molar-refractivity contribution in [3.8, 4) is 0 Å². The number of nitrogens with zero attached hydrogens (tertiary/aromatic N) is 2. The quantitative estimate of drug-likeness (QED) is 0.860. The summed E-state index contributed by atoms with van der Waals surface area (Å²) >= 11 is 0. The number of hydrogen-bond acceptors (Lipinski definition) is 2. The highest BCUT2D eigenvalue weighted by Crippen LogP contribution is 2.07. The zero-order valence-corrected chi connectivity index (χ0v) is 9.86. The lowest BCUT2D eigenvalue weighted by molar-refractivity contribution is 0.604. The van der Waals surface area contributed by atoms with E-state index in [2.05, 4.69) is 17.3 Å². The molecule has 0 saturated heterocycles. The molecule has 0 saturated carbocycles. The van der Waals surface area contributed by atoms with E-state index in [0.717, 1.165) is 24.3 Å². The van der Waals surface area contributed by atoms with E-state index in [4.69, 9.17) is 0 Å². The van der Waals surface area contributed by atoms with Gasteiger partial charge in [0.15, 0.2) is 0 Å². The van der Waals surface area contributed by atoms with Crippen LogP contribution in [0.1, 0.15) is 18.9 Å². The Morgan fingerprint density at radius 2 is 2.00 bits per heavy atom. The van der Waals surface area contributed by atoms with E-state index >= 15 is 0 Å². The highest BCUT2D eigenvalue weighted by Gasteiger charge is 1.98. The number of halogens is 1. The lowest BCUT2D eigenvalue weighted by Crippen LogP contribution is -2.02. The molecule has 1 aromatic heterocycles. The molecule has 4 heteroatoms. The van der Waals surface area contributed by atoms with Crippen molar-refractivity contribution in [1.29, 1.82) is 0 Å². The molecule has 2 rings (SSSR count). The largest absolute Gasteiger partial charge is 0.365 e. The van der Waals surface area contributed by atoms with Crippen LogP contribution >= 0.6 is 0 Å². The highest BCUT2D eigenvalue weighted by atomic mass is 19.1. The van der Waals surface area contributed by atoms with Crippen LogP contribution in [0.25, 0.3) is 0 Å². The van der Waals surface area contributed by atoms with Crippen LogP contribution in [-0.2, 0) is 13.1 Å². The minimum atomic E-state index is -0.207. The van der Waals surface area contributed by atoms with E-state index in [1.54, 1.807) is 12.1 Å². The molecule has 0 fully saturated rings. The van der Waals surface area contributed by atoms with E-state index in [1.165, 1.54) is 12.1 Å². The molecule has 0 atom stereocenters. The number of rotatable bonds is 5. The Balaban J connectivity index is 1.90. The molecule has 0 unspecified atom stereocenters. The third kappa shape index (κ3) is 3.31. The normalized spacial score (nSPS) is 10.5. The molecule has 0 radical (unpaired) electrons. The zero-order chi connectivity index (χ0) is 12.1. The summed E-state index contributed by atoms with van der Waals surface area (Å²) in [5.74, 6) is 0.642. The summed E-state index contributed by atoms with van der Waals surface area (Å²) in [5.41, 5.74) is 1.04. The van der Waals surface area contributed by atoms with Crippen molar-refractivity contribution in [1.82, 2.24) is 9.78 Å². The van der Waals surface area contributed by atoms with Gasteiger partial charge in [-0.15, -0.1) is 0 Å². The van der Waals surface area contributed by atoms with E-state index in [0.29, 0.717) is 6.54 Å². The molecule has 0 spiro atoms. The van der Waals surface area contributed by atoms with Gasteiger partial charge in [-0.1, -0.05) is 19.1 Å². The van der Waals surface area contributed by atoms with Crippen molar-refractivity contribution in [2.45, 2.75) is 26.4 Å². The second kappa shape index (κ2) is 5.48. The predicted molar refractivity (Wildman–Crippen MR) is 66.2 cm³/mol. The van der Waals surface area contributed by atoms with E-state index in [1.807, 2.05) is 16.9 Å². The second-order valence-corrected chi connectivity index (χ2v) is 3.94. The molecule has 1 aromatic carbocycles. The lowest BCUT2D eigenvalue weighted by atomic mass is 10.2. The SMILES string of the molecule is CCCn1ccc(NCc2ccc(F)cc2)n1. The Kier molecular flexibility index (Phi) is 3.75. The molecule has 17 heavy (non-hydrogen) atoms. The number of aromatic nitrogens is 2. The predicted octanol–water partition coefficient (Wildman–Crippen LogP) is 3.04. The van der Waals surface area contributed by atoms with Crippen LogP contribution in [0.2, 0.25) is 0 Å². The van der Waals surface area contributed by atoms with Gasteiger partial charge in [0.1, 0.15) is 11.6 Å². The van der Waals surface area contributed by atoms with E-state index in [-0.39, 0.29) is 5.82 Å². The first-order chi connectivity index (χ1) is 8.28. The number of benzene rings is 1. The second-order valence-electron chi connectivity index (χ2n) is 3.94. The molecule has 90 valence electrons. The van der Waals surface area contributed by atoms with Crippen molar-refractivity contribution in [3.05, 3.63) is 47.9 Å². The maximum Gasteiger partial charge on any atom is 0.148 e. The molecular weight excluding hydrogens is 217 g/mol. The van der Waals surface area contributed by atoms with Gasteiger partial charge in [0.05, 0.1) is 0 Å². The Hall–Kier alpha value is -1.84. The molecule has 0 aliphatic rings. The standard InChI is InChI=1S/C13H16FN3/c1-2-8-17-9-7-13(16-17)15-10-11-3-5-12(14)6-4-11/h3-7,9H,2,8,10H2,1H3,(H,15,16). The Morgan fingerprint density at radius 3 is 2.71 bits per heavy atom. The molecule has 0 aliphatic heterocycles. The number of anilines is 1.